The highest BCUT2D eigenvalue weighted by Crippen LogP contribution is 2.47. The van der Waals surface area contributed by atoms with Crippen LogP contribution in [-0.2, 0) is 0 Å². The standard InChI is InChI=1S/C80H50N8O4/c1-5-21-49(22-6-1)53-29-13-33-57(45-53)89-65-41-17-37-61-69(65)77-81-73(61)86-78-71-63(39-19-43-67(71)91-59-35-15-31-55(47-59)51-25-9-3-10-26-51)75(83-78)88-80-72-64(40-20-44-68(72)92-60-36-16-32-56(48-60)52-27-11-4-12-28-52)76(84-80)87-79-70-62(74(82-79)85-77)38-18-42-66(70)90-58-34-14-30-54(46-58)50-23-7-2-8-24-50/h1-48H,(H2,81,82,83,84,85,86,87,88). The summed E-state index contributed by atoms with van der Waals surface area (Å²) in [5.74, 6) is 6.13. The second-order valence-electron chi connectivity index (χ2n) is 22.3. The Hall–Kier alpha value is -12.8. The molecule has 0 radical (unpaired) electrons. The fourth-order valence-corrected chi connectivity index (χ4v) is 12.2. The van der Waals surface area contributed by atoms with Gasteiger partial charge in [0.2, 0.25) is 0 Å². The number of H-pyrrole nitrogens is 2. The van der Waals surface area contributed by atoms with E-state index in [2.05, 4.69) is 82.8 Å². The molecule has 0 saturated carbocycles. The minimum atomic E-state index is 0.351. The zero-order valence-corrected chi connectivity index (χ0v) is 49.0. The van der Waals surface area contributed by atoms with Crippen LogP contribution in [0.4, 0.5) is 0 Å². The number of nitrogens with one attached hydrogen (secondary N) is 2. The number of fused-ring (bicyclic) bond motifs is 20. The minimum absolute atomic E-state index is 0.351. The van der Waals surface area contributed by atoms with E-state index in [4.69, 9.17) is 48.9 Å². The van der Waals surface area contributed by atoms with Crippen LogP contribution in [0.25, 0.3) is 134 Å². The van der Waals surface area contributed by atoms with Gasteiger partial charge in [0.15, 0.2) is 23.3 Å². The molecule has 2 aliphatic heterocycles. The van der Waals surface area contributed by atoms with Crippen LogP contribution in [-0.4, -0.2) is 39.9 Å². The Labute approximate surface area is 527 Å². The first-order valence-electron chi connectivity index (χ1n) is 30.2. The van der Waals surface area contributed by atoms with Crippen molar-refractivity contribution in [1.29, 1.82) is 0 Å². The number of ether oxygens (including phenoxy) is 4. The third-order valence-electron chi connectivity index (χ3n) is 16.5. The summed E-state index contributed by atoms with van der Waals surface area (Å²) in [6, 6.07) is 96.8. The van der Waals surface area contributed by atoms with Crippen molar-refractivity contribution in [3.8, 4) is 136 Å². The summed E-state index contributed by atoms with van der Waals surface area (Å²) in [5.41, 5.74) is 12.8. The van der Waals surface area contributed by atoms with Crippen LogP contribution in [0, 0.1) is 0 Å². The van der Waals surface area contributed by atoms with E-state index in [1.807, 2.05) is 218 Å². The van der Waals surface area contributed by atoms with Crippen molar-refractivity contribution in [1.82, 2.24) is 39.9 Å². The van der Waals surface area contributed by atoms with Gasteiger partial charge in [-0.3, -0.25) is 0 Å². The van der Waals surface area contributed by atoms with Crippen LogP contribution in [0.3, 0.4) is 0 Å². The monoisotopic (exact) mass is 1190 g/mol. The van der Waals surface area contributed by atoms with Crippen molar-refractivity contribution in [3.63, 3.8) is 0 Å². The van der Waals surface area contributed by atoms with Crippen LogP contribution in [0.1, 0.15) is 0 Å². The van der Waals surface area contributed by atoms with Crippen LogP contribution in [0.2, 0.25) is 0 Å². The highest BCUT2D eigenvalue weighted by Gasteiger charge is 2.28. The predicted molar refractivity (Wildman–Crippen MR) is 364 cm³/mol. The van der Waals surface area contributed by atoms with Crippen molar-refractivity contribution in [2.24, 2.45) is 0 Å². The SMILES string of the molecule is c1ccc(-c2cccc(Oc3cccc4c3-c3nc-4nc4[nH]c(nc5nc(nc6[nH]c(n3)c3cccc(Oc7cccc(-c8ccccc8)c7)c63)-c3cccc(Oc6cccc(-c7ccccc7)c6)c3-5)c3cccc(Oc5cccc(-c6ccccc6)c5)c43)c2)cc1. The van der Waals surface area contributed by atoms with Crippen molar-refractivity contribution in [2.75, 3.05) is 0 Å². The topological polar surface area (TPSA) is 146 Å². The average Bonchev–Trinajstić information content (AvgIpc) is 1.60. The lowest BCUT2D eigenvalue weighted by molar-refractivity contribution is 0.484. The molecule has 12 nitrogen and oxygen atoms in total. The second kappa shape index (κ2) is 22.7. The molecule has 3 aromatic heterocycles. The smallest absolute Gasteiger partial charge is 0.168 e. The lowest BCUT2D eigenvalue weighted by atomic mass is 10.1. The van der Waals surface area contributed by atoms with Gasteiger partial charge in [-0.25, -0.2) is 29.9 Å². The second-order valence-corrected chi connectivity index (χ2v) is 22.3. The number of hydrogen-bond donors (Lipinski definition) is 2. The molecule has 0 spiro atoms. The predicted octanol–water partition coefficient (Wildman–Crippen LogP) is 20.7. The molecule has 92 heavy (non-hydrogen) atoms. The Kier molecular flexibility index (Phi) is 13.2. The Bertz CT molecular complexity index is 5200. The lowest BCUT2D eigenvalue weighted by Gasteiger charge is -2.11. The van der Waals surface area contributed by atoms with Crippen LogP contribution in [0.5, 0.6) is 46.0 Å². The molecule has 5 heterocycles. The minimum Gasteiger partial charge on any atom is -0.457 e. The molecule has 0 fully saturated rings. The van der Waals surface area contributed by atoms with Crippen molar-refractivity contribution in [3.05, 3.63) is 291 Å². The first kappa shape index (κ1) is 53.4. The Balaban J connectivity index is 0.919. The molecule has 8 bridgehead atoms. The summed E-state index contributed by atoms with van der Waals surface area (Å²) in [5, 5.41) is 2.76. The molecule has 0 atom stereocenters. The molecule has 0 amide bonds. The highest BCUT2D eigenvalue weighted by atomic mass is 16.5. The zero-order chi connectivity index (χ0) is 60.9. The van der Waals surface area contributed by atoms with E-state index >= 15 is 0 Å². The van der Waals surface area contributed by atoms with Gasteiger partial charge in [0.1, 0.15) is 68.6 Å². The Morgan fingerprint density at radius 1 is 0.217 bits per heavy atom. The third kappa shape index (κ3) is 10.0. The van der Waals surface area contributed by atoms with Gasteiger partial charge < -0.3 is 28.9 Å². The van der Waals surface area contributed by atoms with Crippen LogP contribution >= 0.6 is 0 Å². The first-order valence-corrected chi connectivity index (χ1v) is 30.2. The number of benzene rings is 12. The molecule has 0 saturated heterocycles. The van der Waals surface area contributed by atoms with Gasteiger partial charge in [0, 0.05) is 21.9 Å². The largest absolute Gasteiger partial charge is 0.457 e. The van der Waals surface area contributed by atoms with Gasteiger partial charge in [-0.15, -0.1) is 0 Å². The normalized spacial score (nSPS) is 11.5. The molecule has 0 aliphatic carbocycles. The summed E-state index contributed by atoms with van der Waals surface area (Å²) in [7, 11) is 0. The van der Waals surface area contributed by atoms with E-state index in [0.29, 0.717) is 136 Å². The molecule has 17 rings (SSSR count). The quantitative estimate of drug-likeness (QED) is 0.121. The lowest BCUT2D eigenvalue weighted by Crippen LogP contribution is -1.91. The molecule has 12 heteroatoms. The van der Waals surface area contributed by atoms with Crippen molar-refractivity contribution in [2.45, 2.75) is 0 Å². The highest BCUT2D eigenvalue weighted by molar-refractivity contribution is 6.10. The zero-order valence-electron chi connectivity index (χ0n) is 49.0. The van der Waals surface area contributed by atoms with Crippen molar-refractivity contribution < 1.29 is 18.9 Å². The third-order valence-corrected chi connectivity index (χ3v) is 16.5. The van der Waals surface area contributed by atoms with E-state index in [1.165, 1.54) is 0 Å². The number of rotatable bonds is 12. The fraction of sp³-hybridized carbons (Fsp3) is 0. The summed E-state index contributed by atoms with van der Waals surface area (Å²) in [4.78, 5) is 40.1. The van der Waals surface area contributed by atoms with E-state index in [9.17, 15) is 0 Å². The maximum absolute atomic E-state index is 6.97. The molecule has 15 aromatic rings. The molecule has 0 unspecified atom stereocenters. The molecular weight excluding hydrogens is 1140 g/mol. The van der Waals surface area contributed by atoms with Crippen LogP contribution in [0.15, 0.2) is 291 Å². The summed E-state index contributed by atoms with van der Waals surface area (Å²) >= 11 is 0. The number of aromatic amines is 2. The Morgan fingerprint density at radius 3 is 0.848 bits per heavy atom. The summed E-state index contributed by atoms with van der Waals surface area (Å²) < 4.78 is 27.8. The number of nitrogens with zero attached hydrogens (tertiary/aromatic N) is 6. The molecular formula is C80H50N8O4. The molecule has 2 aliphatic rings. The first-order chi connectivity index (χ1) is 45.5. The van der Waals surface area contributed by atoms with Crippen molar-refractivity contribution >= 4 is 44.1 Å². The van der Waals surface area contributed by atoms with E-state index in [0.717, 1.165) is 44.5 Å². The average molecular weight is 1190 g/mol. The number of aromatic nitrogens is 8. The fourth-order valence-electron chi connectivity index (χ4n) is 12.2. The summed E-state index contributed by atoms with van der Waals surface area (Å²) in [6.07, 6.45) is 0. The molecule has 434 valence electrons. The summed E-state index contributed by atoms with van der Waals surface area (Å²) in [6.45, 7) is 0. The van der Waals surface area contributed by atoms with Gasteiger partial charge in [-0.1, -0.05) is 218 Å². The van der Waals surface area contributed by atoms with Gasteiger partial charge in [-0.2, -0.15) is 0 Å². The van der Waals surface area contributed by atoms with Gasteiger partial charge in [0.05, 0.1) is 21.9 Å². The molecule has 12 aromatic carbocycles. The number of hydrogen-bond acceptors (Lipinski definition) is 10. The van der Waals surface area contributed by atoms with E-state index < -0.39 is 0 Å². The van der Waals surface area contributed by atoms with E-state index in [-0.39, 0.29) is 0 Å². The van der Waals surface area contributed by atoms with Crippen LogP contribution < -0.4 is 18.9 Å². The maximum Gasteiger partial charge on any atom is 0.168 e. The van der Waals surface area contributed by atoms with E-state index in [1.54, 1.807) is 0 Å². The maximum atomic E-state index is 6.97. The Morgan fingerprint density at radius 2 is 0.500 bits per heavy atom. The van der Waals surface area contributed by atoms with Gasteiger partial charge in [-0.05, 0) is 117 Å². The molecule has 2 N–H and O–H groups in total. The van der Waals surface area contributed by atoms with Gasteiger partial charge >= 0.3 is 0 Å². The van der Waals surface area contributed by atoms with Gasteiger partial charge in [0.25, 0.3) is 0 Å².